The van der Waals surface area contributed by atoms with E-state index in [-0.39, 0.29) is 5.78 Å². The fraction of sp³-hybridized carbons (Fsp3) is 0.500. The van der Waals surface area contributed by atoms with Gasteiger partial charge in [0.25, 0.3) is 0 Å². The quantitative estimate of drug-likeness (QED) is 0.620. The molecule has 2 nitrogen and oxygen atoms in total. The Morgan fingerprint density at radius 3 is 2.83 bits per heavy atom. The van der Waals surface area contributed by atoms with Crippen molar-refractivity contribution >= 4 is 5.78 Å². The molecule has 0 bridgehead atoms. The molecule has 12 heavy (non-hydrogen) atoms. The maximum Gasteiger partial charge on any atom is 0.151 e. The SMILES string of the molecule is C#CCC(N)C(=O)CCC#CC. The van der Waals surface area contributed by atoms with Gasteiger partial charge in [-0.2, -0.15) is 0 Å². The van der Waals surface area contributed by atoms with Gasteiger partial charge in [0.05, 0.1) is 6.04 Å². The third-order valence-corrected chi connectivity index (χ3v) is 1.42. The van der Waals surface area contributed by atoms with Crippen molar-refractivity contribution in [1.82, 2.24) is 0 Å². The molecule has 0 aliphatic rings. The fourth-order valence-electron chi connectivity index (χ4n) is 0.737. The summed E-state index contributed by atoms with van der Waals surface area (Å²) in [6.45, 7) is 1.74. The van der Waals surface area contributed by atoms with E-state index < -0.39 is 6.04 Å². The van der Waals surface area contributed by atoms with Gasteiger partial charge in [-0.05, 0) is 6.92 Å². The Kier molecular flexibility index (Phi) is 5.79. The highest BCUT2D eigenvalue weighted by molar-refractivity contribution is 5.84. The summed E-state index contributed by atoms with van der Waals surface area (Å²) >= 11 is 0. The summed E-state index contributed by atoms with van der Waals surface area (Å²) in [7, 11) is 0. The first-order valence-electron chi connectivity index (χ1n) is 3.83. The average molecular weight is 163 g/mol. The first-order chi connectivity index (χ1) is 5.72. The van der Waals surface area contributed by atoms with Crippen molar-refractivity contribution in [2.45, 2.75) is 32.2 Å². The molecule has 0 radical (unpaired) electrons. The van der Waals surface area contributed by atoms with Crippen LogP contribution in [0.5, 0.6) is 0 Å². The third kappa shape index (κ3) is 4.55. The first-order valence-corrected chi connectivity index (χ1v) is 3.83. The normalized spacial score (nSPS) is 10.8. The molecule has 0 amide bonds. The number of nitrogens with two attached hydrogens (primary N) is 1. The second-order valence-electron chi connectivity index (χ2n) is 2.41. The molecular weight excluding hydrogens is 150 g/mol. The molecule has 0 spiro atoms. The predicted octanol–water partition coefficient (Wildman–Crippen LogP) is 0.710. The van der Waals surface area contributed by atoms with E-state index in [9.17, 15) is 4.79 Å². The van der Waals surface area contributed by atoms with Crippen molar-refractivity contribution in [3.8, 4) is 24.2 Å². The molecule has 0 rings (SSSR count). The molecule has 0 aliphatic carbocycles. The number of ketones is 1. The van der Waals surface area contributed by atoms with Gasteiger partial charge in [-0.15, -0.1) is 24.2 Å². The number of Topliss-reactive ketones (excluding diaryl/α,β-unsaturated/α-hetero) is 1. The molecule has 0 aliphatic heterocycles. The number of hydrogen-bond acceptors (Lipinski definition) is 2. The lowest BCUT2D eigenvalue weighted by Crippen LogP contribution is -2.29. The molecule has 0 fully saturated rings. The van der Waals surface area contributed by atoms with E-state index in [1.54, 1.807) is 6.92 Å². The van der Waals surface area contributed by atoms with Gasteiger partial charge in [0.1, 0.15) is 0 Å². The van der Waals surface area contributed by atoms with Gasteiger partial charge < -0.3 is 5.73 Å². The minimum atomic E-state index is -0.506. The van der Waals surface area contributed by atoms with Gasteiger partial charge in [-0.25, -0.2) is 0 Å². The zero-order valence-corrected chi connectivity index (χ0v) is 7.26. The molecule has 2 N–H and O–H groups in total. The molecule has 0 saturated heterocycles. The molecule has 0 aromatic rings. The summed E-state index contributed by atoms with van der Waals surface area (Å²) in [5.74, 6) is 7.86. The molecule has 0 heterocycles. The maximum absolute atomic E-state index is 11.1. The zero-order valence-electron chi connectivity index (χ0n) is 7.26. The minimum Gasteiger partial charge on any atom is -0.321 e. The van der Waals surface area contributed by atoms with Crippen LogP contribution in [0.25, 0.3) is 0 Å². The van der Waals surface area contributed by atoms with Crippen LogP contribution in [0, 0.1) is 24.2 Å². The summed E-state index contributed by atoms with van der Waals surface area (Å²) in [5, 5.41) is 0. The Balaban J connectivity index is 3.70. The van der Waals surface area contributed by atoms with Crippen LogP contribution in [0.1, 0.15) is 26.2 Å². The van der Waals surface area contributed by atoms with Crippen LogP contribution in [0.4, 0.5) is 0 Å². The Bertz CT molecular complexity index is 239. The van der Waals surface area contributed by atoms with E-state index in [4.69, 9.17) is 12.2 Å². The van der Waals surface area contributed by atoms with Gasteiger partial charge in [0, 0.05) is 19.3 Å². The number of carbonyl (C=O) groups is 1. The maximum atomic E-state index is 11.1. The van der Waals surface area contributed by atoms with E-state index in [0.29, 0.717) is 19.3 Å². The van der Waals surface area contributed by atoms with Crippen molar-refractivity contribution in [1.29, 1.82) is 0 Å². The van der Waals surface area contributed by atoms with Crippen LogP contribution >= 0.6 is 0 Å². The summed E-state index contributed by atoms with van der Waals surface area (Å²) < 4.78 is 0. The van der Waals surface area contributed by atoms with Gasteiger partial charge in [-0.1, -0.05) is 0 Å². The highest BCUT2D eigenvalue weighted by atomic mass is 16.1. The van der Waals surface area contributed by atoms with Crippen molar-refractivity contribution in [3.63, 3.8) is 0 Å². The standard InChI is InChI=1S/C10H13NO/c1-3-5-6-8-10(12)9(11)7-4-2/h2,9H,6-8,11H2,1H3. The summed E-state index contributed by atoms with van der Waals surface area (Å²) in [4.78, 5) is 11.1. The van der Waals surface area contributed by atoms with Crippen LogP contribution in [-0.4, -0.2) is 11.8 Å². The first kappa shape index (κ1) is 10.8. The highest BCUT2D eigenvalue weighted by Gasteiger charge is 2.10. The van der Waals surface area contributed by atoms with E-state index >= 15 is 0 Å². The molecule has 2 heteroatoms. The Labute approximate surface area is 73.5 Å². The molecule has 1 unspecified atom stereocenters. The lowest BCUT2D eigenvalue weighted by atomic mass is 10.1. The summed E-state index contributed by atoms with van der Waals surface area (Å²) in [6, 6.07) is -0.506. The van der Waals surface area contributed by atoms with E-state index in [1.165, 1.54) is 0 Å². The minimum absolute atomic E-state index is 0.00398. The Hall–Kier alpha value is -1.25. The Morgan fingerprint density at radius 2 is 2.33 bits per heavy atom. The Morgan fingerprint density at radius 1 is 1.67 bits per heavy atom. The van der Waals surface area contributed by atoms with Gasteiger partial charge >= 0.3 is 0 Å². The molecule has 64 valence electrons. The van der Waals surface area contributed by atoms with Gasteiger partial charge in [-0.3, -0.25) is 4.79 Å². The zero-order chi connectivity index (χ0) is 9.40. The van der Waals surface area contributed by atoms with Crippen LogP contribution in [0.3, 0.4) is 0 Å². The van der Waals surface area contributed by atoms with Crippen LogP contribution in [0.2, 0.25) is 0 Å². The van der Waals surface area contributed by atoms with Crippen molar-refractivity contribution in [3.05, 3.63) is 0 Å². The lowest BCUT2D eigenvalue weighted by Gasteiger charge is -2.03. The summed E-state index contributed by atoms with van der Waals surface area (Å²) in [5.41, 5.74) is 5.47. The third-order valence-electron chi connectivity index (χ3n) is 1.42. The molecule has 0 aromatic heterocycles. The number of carbonyl (C=O) groups excluding carboxylic acids is 1. The van der Waals surface area contributed by atoms with E-state index in [0.717, 1.165) is 0 Å². The average Bonchev–Trinajstić information content (AvgIpc) is 2.05. The van der Waals surface area contributed by atoms with E-state index in [1.807, 2.05) is 0 Å². The van der Waals surface area contributed by atoms with Crippen molar-refractivity contribution in [2.75, 3.05) is 0 Å². The van der Waals surface area contributed by atoms with Gasteiger partial charge in [0.2, 0.25) is 0 Å². The molecule has 0 saturated carbocycles. The smallest absolute Gasteiger partial charge is 0.151 e. The van der Waals surface area contributed by atoms with E-state index in [2.05, 4.69) is 17.8 Å². The van der Waals surface area contributed by atoms with Gasteiger partial charge in [0.15, 0.2) is 5.78 Å². The topological polar surface area (TPSA) is 43.1 Å². The second-order valence-corrected chi connectivity index (χ2v) is 2.41. The predicted molar refractivity (Wildman–Crippen MR) is 49.1 cm³/mol. The van der Waals surface area contributed by atoms with Crippen LogP contribution in [-0.2, 0) is 4.79 Å². The molecule has 1 atom stereocenters. The number of rotatable bonds is 4. The highest BCUT2D eigenvalue weighted by Crippen LogP contribution is 1.96. The summed E-state index contributed by atoms with van der Waals surface area (Å²) in [6.07, 6.45) is 6.31. The second kappa shape index (κ2) is 6.46. The van der Waals surface area contributed by atoms with Crippen LogP contribution in [0.15, 0.2) is 0 Å². The van der Waals surface area contributed by atoms with Crippen molar-refractivity contribution in [2.24, 2.45) is 5.73 Å². The monoisotopic (exact) mass is 163 g/mol. The van der Waals surface area contributed by atoms with Crippen LogP contribution < -0.4 is 5.73 Å². The number of hydrogen-bond donors (Lipinski definition) is 1. The molecule has 0 aromatic carbocycles. The van der Waals surface area contributed by atoms with Crippen molar-refractivity contribution < 1.29 is 4.79 Å². The molecular formula is C10H13NO. The largest absolute Gasteiger partial charge is 0.321 e. The lowest BCUT2D eigenvalue weighted by molar-refractivity contribution is -0.120. The number of terminal acetylenes is 1. The fourth-order valence-corrected chi connectivity index (χ4v) is 0.737.